The first-order valence-electron chi connectivity index (χ1n) is 11.3. The molecule has 1 fully saturated rings. The molecular formula is C25H31ClN6O. The van der Waals surface area contributed by atoms with Gasteiger partial charge in [0.2, 0.25) is 5.95 Å². The van der Waals surface area contributed by atoms with Crippen LogP contribution in [0.3, 0.4) is 0 Å². The Morgan fingerprint density at radius 1 is 1.09 bits per heavy atom. The van der Waals surface area contributed by atoms with Gasteiger partial charge in [-0.3, -0.25) is 0 Å². The van der Waals surface area contributed by atoms with E-state index in [2.05, 4.69) is 50.0 Å². The third-order valence-electron chi connectivity index (χ3n) is 5.79. The van der Waals surface area contributed by atoms with Gasteiger partial charge in [0.1, 0.15) is 16.9 Å². The maximum Gasteiger partial charge on any atom is 0.229 e. The van der Waals surface area contributed by atoms with E-state index < -0.39 is 0 Å². The fourth-order valence-electron chi connectivity index (χ4n) is 3.89. The number of ether oxygens (including phenoxy) is 1. The second-order valence-corrected chi connectivity index (χ2v) is 8.83. The van der Waals surface area contributed by atoms with Crippen LogP contribution in [0.4, 0.5) is 23.1 Å². The fraction of sp³-hybridized carbons (Fsp3) is 0.360. The van der Waals surface area contributed by atoms with Crippen molar-refractivity contribution in [2.75, 3.05) is 37.8 Å². The smallest absolute Gasteiger partial charge is 0.229 e. The van der Waals surface area contributed by atoms with Crippen LogP contribution in [0.15, 0.2) is 48.7 Å². The number of benzene rings is 2. The Morgan fingerprint density at radius 3 is 2.64 bits per heavy atom. The van der Waals surface area contributed by atoms with Crippen LogP contribution in [0.1, 0.15) is 24.0 Å². The molecule has 7 nitrogen and oxygen atoms in total. The summed E-state index contributed by atoms with van der Waals surface area (Å²) in [4.78, 5) is 11.3. The monoisotopic (exact) mass is 466 g/mol. The van der Waals surface area contributed by atoms with Crippen molar-refractivity contribution >= 4 is 34.7 Å². The highest BCUT2D eigenvalue weighted by Gasteiger charge is 2.18. The summed E-state index contributed by atoms with van der Waals surface area (Å²) >= 11 is 6.38. The molecular weight excluding hydrogens is 436 g/mol. The van der Waals surface area contributed by atoms with Crippen LogP contribution in [-0.4, -0.2) is 48.2 Å². The molecule has 0 radical (unpaired) electrons. The molecule has 0 atom stereocenters. The van der Waals surface area contributed by atoms with Gasteiger partial charge in [-0.15, -0.1) is 0 Å². The third kappa shape index (κ3) is 6.13. The van der Waals surface area contributed by atoms with Crippen LogP contribution in [0.25, 0.3) is 0 Å². The molecule has 3 aromatic rings. The number of hydrogen-bond donors (Lipinski definition) is 3. The van der Waals surface area contributed by atoms with Crippen LogP contribution < -0.4 is 20.7 Å². The normalized spacial score (nSPS) is 14.8. The standard InChI is InChI=1S/C25H31ClN6O/c1-17-14-20(33-19-10-12-32(3)13-11-19)8-9-22(17)30-25-28-16-21(26)24(31-25)29-23-7-5-4-6-18(23)15-27-2/h4-9,14,16,19,27H,10-13,15H2,1-3H3,(H2,28,29,30,31). The highest BCUT2D eigenvalue weighted by Crippen LogP contribution is 2.29. The maximum absolute atomic E-state index is 6.38. The molecule has 1 saturated heterocycles. The highest BCUT2D eigenvalue weighted by atomic mass is 35.5. The van der Waals surface area contributed by atoms with E-state index in [0.29, 0.717) is 16.8 Å². The lowest BCUT2D eigenvalue weighted by atomic mass is 10.1. The lowest BCUT2D eigenvalue weighted by Gasteiger charge is -2.29. The number of piperidine rings is 1. The van der Waals surface area contributed by atoms with Gasteiger partial charge in [0.25, 0.3) is 0 Å². The molecule has 33 heavy (non-hydrogen) atoms. The average Bonchev–Trinajstić information content (AvgIpc) is 2.81. The van der Waals surface area contributed by atoms with Crippen molar-refractivity contribution in [2.45, 2.75) is 32.4 Å². The Kier molecular flexibility index (Phi) is 7.65. The van der Waals surface area contributed by atoms with Gasteiger partial charge in [0, 0.05) is 31.0 Å². The lowest BCUT2D eigenvalue weighted by molar-refractivity contribution is 0.114. The van der Waals surface area contributed by atoms with Gasteiger partial charge >= 0.3 is 0 Å². The molecule has 2 aromatic carbocycles. The van der Waals surface area contributed by atoms with Gasteiger partial charge in [-0.25, -0.2) is 4.98 Å². The van der Waals surface area contributed by atoms with Gasteiger partial charge in [-0.05, 0) is 69.3 Å². The Bertz CT molecular complexity index is 1080. The average molecular weight is 467 g/mol. The maximum atomic E-state index is 6.38. The molecule has 4 rings (SSSR count). The first kappa shape index (κ1) is 23.3. The Hall–Kier alpha value is -2.87. The molecule has 0 amide bonds. The van der Waals surface area contributed by atoms with E-state index in [-0.39, 0.29) is 6.10 Å². The van der Waals surface area contributed by atoms with E-state index in [4.69, 9.17) is 16.3 Å². The molecule has 3 N–H and O–H groups in total. The van der Waals surface area contributed by atoms with Crippen molar-refractivity contribution in [3.8, 4) is 5.75 Å². The molecule has 1 aromatic heterocycles. The Morgan fingerprint density at radius 2 is 1.88 bits per heavy atom. The minimum atomic E-state index is 0.276. The summed E-state index contributed by atoms with van der Waals surface area (Å²) in [5.74, 6) is 1.92. The zero-order valence-corrected chi connectivity index (χ0v) is 20.1. The van der Waals surface area contributed by atoms with Gasteiger partial charge in [0.15, 0.2) is 5.82 Å². The molecule has 1 aliphatic heterocycles. The predicted octanol–water partition coefficient (Wildman–Crippen LogP) is 5.12. The van der Waals surface area contributed by atoms with E-state index in [9.17, 15) is 0 Å². The summed E-state index contributed by atoms with van der Waals surface area (Å²) in [5.41, 5.74) is 4.06. The quantitative estimate of drug-likeness (QED) is 0.425. The molecule has 0 bridgehead atoms. The van der Waals surface area contributed by atoms with Crippen LogP contribution in [0.5, 0.6) is 5.75 Å². The number of likely N-dealkylation sites (tertiary alicyclic amines) is 1. The minimum Gasteiger partial charge on any atom is -0.490 e. The Balaban J connectivity index is 1.46. The third-order valence-corrected chi connectivity index (χ3v) is 6.07. The zero-order chi connectivity index (χ0) is 23.2. The van der Waals surface area contributed by atoms with E-state index in [1.807, 2.05) is 44.3 Å². The molecule has 174 valence electrons. The van der Waals surface area contributed by atoms with Crippen molar-refractivity contribution in [1.82, 2.24) is 20.2 Å². The summed E-state index contributed by atoms with van der Waals surface area (Å²) in [7, 11) is 4.07. The number of rotatable bonds is 8. The summed E-state index contributed by atoms with van der Waals surface area (Å²) in [5, 5.41) is 10.3. The second-order valence-electron chi connectivity index (χ2n) is 8.42. The zero-order valence-electron chi connectivity index (χ0n) is 19.4. The van der Waals surface area contributed by atoms with Gasteiger partial charge in [-0.2, -0.15) is 4.98 Å². The number of aryl methyl sites for hydroxylation is 1. The molecule has 0 unspecified atom stereocenters. The molecule has 0 aliphatic carbocycles. The van der Waals surface area contributed by atoms with Crippen molar-refractivity contribution in [3.05, 3.63) is 64.8 Å². The number of aromatic nitrogens is 2. The lowest BCUT2D eigenvalue weighted by Crippen LogP contribution is -2.35. The summed E-state index contributed by atoms with van der Waals surface area (Å²) < 4.78 is 6.20. The minimum absolute atomic E-state index is 0.276. The van der Waals surface area contributed by atoms with Crippen LogP contribution in [-0.2, 0) is 6.54 Å². The first-order valence-corrected chi connectivity index (χ1v) is 11.6. The number of para-hydroxylation sites is 1. The number of nitrogens with zero attached hydrogens (tertiary/aromatic N) is 3. The van der Waals surface area contributed by atoms with Gasteiger partial charge < -0.3 is 25.6 Å². The molecule has 0 saturated carbocycles. The van der Waals surface area contributed by atoms with Crippen LogP contribution in [0, 0.1) is 6.92 Å². The largest absolute Gasteiger partial charge is 0.490 e. The van der Waals surface area contributed by atoms with E-state index in [1.54, 1.807) is 6.20 Å². The number of hydrogen-bond acceptors (Lipinski definition) is 7. The number of anilines is 4. The number of halogens is 1. The van der Waals surface area contributed by atoms with Crippen molar-refractivity contribution in [2.24, 2.45) is 0 Å². The predicted molar refractivity (Wildman–Crippen MR) is 135 cm³/mol. The molecule has 2 heterocycles. The Labute approximate surface area is 200 Å². The number of nitrogens with one attached hydrogen (secondary N) is 3. The van der Waals surface area contributed by atoms with Crippen molar-refractivity contribution in [3.63, 3.8) is 0 Å². The van der Waals surface area contributed by atoms with Crippen LogP contribution >= 0.6 is 11.6 Å². The topological polar surface area (TPSA) is 74.3 Å². The molecule has 1 aliphatic rings. The SMILES string of the molecule is CNCc1ccccc1Nc1nc(Nc2ccc(OC3CCN(C)CC3)cc2C)ncc1Cl. The summed E-state index contributed by atoms with van der Waals surface area (Å²) in [6, 6.07) is 14.1. The van der Waals surface area contributed by atoms with Crippen molar-refractivity contribution < 1.29 is 4.74 Å². The van der Waals surface area contributed by atoms with Crippen molar-refractivity contribution in [1.29, 1.82) is 0 Å². The van der Waals surface area contributed by atoms with Gasteiger partial charge in [0.05, 0.1) is 6.20 Å². The molecule has 0 spiro atoms. The molecule has 8 heteroatoms. The first-order chi connectivity index (χ1) is 16.0. The van der Waals surface area contributed by atoms with E-state index in [1.165, 1.54) is 0 Å². The second kappa shape index (κ2) is 10.8. The summed E-state index contributed by atoms with van der Waals surface area (Å²) in [6.45, 7) is 4.94. The highest BCUT2D eigenvalue weighted by molar-refractivity contribution is 6.32. The van der Waals surface area contributed by atoms with E-state index in [0.717, 1.165) is 60.7 Å². The summed E-state index contributed by atoms with van der Waals surface area (Å²) in [6.07, 6.45) is 3.99. The van der Waals surface area contributed by atoms with E-state index >= 15 is 0 Å². The fourth-order valence-corrected chi connectivity index (χ4v) is 4.03. The van der Waals surface area contributed by atoms with Crippen LogP contribution in [0.2, 0.25) is 5.02 Å². The van der Waals surface area contributed by atoms with Gasteiger partial charge in [-0.1, -0.05) is 29.8 Å².